The number of benzene rings is 2. The number of nitriles is 1. The second-order valence-electron chi connectivity index (χ2n) is 4.78. The van der Waals surface area contributed by atoms with Crippen LogP contribution in [-0.4, -0.2) is 20.1 Å². The zero-order valence-electron chi connectivity index (χ0n) is 13.2. The summed E-state index contributed by atoms with van der Waals surface area (Å²) in [6, 6.07) is 13.7. The topological polar surface area (TPSA) is 71.3 Å². The molecule has 0 bridgehead atoms. The molecule has 0 radical (unpaired) electrons. The quantitative estimate of drug-likeness (QED) is 0.660. The van der Waals surface area contributed by atoms with Crippen molar-refractivity contribution in [2.24, 2.45) is 0 Å². The van der Waals surface area contributed by atoms with Gasteiger partial charge in [-0.05, 0) is 42.0 Å². The minimum absolute atomic E-state index is 0.0507. The molecule has 24 heavy (non-hydrogen) atoms. The molecule has 0 aliphatic rings. The number of halogens is 1. The molecule has 1 N–H and O–H groups in total. The van der Waals surface area contributed by atoms with Gasteiger partial charge in [0, 0.05) is 16.8 Å². The molecule has 5 nitrogen and oxygen atoms in total. The fourth-order valence-corrected chi connectivity index (χ4v) is 2.18. The van der Waals surface area contributed by atoms with Gasteiger partial charge in [0.1, 0.15) is 23.1 Å². The van der Waals surface area contributed by atoms with Gasteiger partial charge in [-0.2, -0.15) is 5.26 Å². The summed E-state index contributed by atoms with van der Waals surface area (Å²) in [5.74, 6) is 0.600. The van der Waals surface area contributed by atoms with Gasteiger partial charge in [0.2, 0.25) is 0 Å². The fraction of sp³-hybridized carbons (Fsp3) is 0.111. The summed E-state index contributed by atoms with van der Waals surface area (Å²) in [4.78, 5) is 12.3. The summed E-state index contributed by atoms with van der Waals surface area (Å²) >= 11 is 5.88. The molecule has 2 rings (SSSR count). The Morgan fingerprint density at radius 2 is 1.83 bits per heavy atom. The Labute approximate surface area is 145 Å². The van der Waals surface area contributed by atoms with E-state index in [9.17, 15) is 10.1 Å². The first kappa shape index (κ1) is 17.4. The van der Waals surface area contributed by atoms with Gasteiger partial charge in [-0.15, -0.1) is 0 Å². The first-order chi connectivity index (χ1) is 11.5. The van der Waals surface area contributed by atoms with Crippen LogP contribution >= 0.6 is 11.6 Å². The number of carbonyl (C=O) groups excluding carboxylic acids is 1. The number of ether oxygens (including phenoxy) is 2. The molecule has 6 heteroatoms. The zero-order valence-corrected chi connectivity index (χ0v) is 13.9. The van der Waals surface area contributed by atoms with E-state index in [2.05, 4.69) is 5.32 Å². The van der Waals surface area contributed by atoms with E-state index in [-0.39, 0.29) is 5.57 Å². The molecule has 0 aliphatic heterocycles. The number of nitrogens with one attached hydrogen (secondary N) is 1. The van der Waals surface area contributed by atoms with E-state index in [0.717, 1.165) is 0 Å². The fourth-order valence-electron chi connectivity index (χ4n) is 1.99. The molecular weight excluding hydrogens is 328 g/mol. The molecule has 2 aromatic carbocycles. The Hall–Kier alpha value is -2.97. The van der Waals surface area contributed by atoms with Crippen molar-refractivity contribution < 1.29 is 14.3 Å². The highest BCUT2D eigenvalue weighted by atomic mass is 35.5. The Morgan fingerprint density at radius 1 is 1.17 bits per heavy atom. The second-order valence-corrected chi connectivity index (χ2v) is 5.22. The Kier molecular flexibility index (Phi) is 5.83. The third kappa shape index (κ3) is 4.51. The maximum Gasteiger partial charge on any atom is 0.266 e. The molecule has 1 amide bonds. The van der Waals surface area contributed by atoms with Crippen LogP contribution < -0.4 is 14.8 Å². The minimum atomic E-state index is -0.526. The standard InChI is InChI=1S/C18H15ClN2O3/c1-23-16-7-12(8-17(10-16)24-2)6-13(11-20)18(22)21-15-5-3-4-14(19)9-15/h3-10H,1-2H3,(H,21,22)/b13-6+. The van der Waals surface area contributed by atoms with Crippen molar-refractivity contribution in [2.45, 2.75) is 0 Å². The number of carbonyl (C=O) groups is 1. The van der Waals surface area contributed by atoms with Crippen molar-refractivity contribution >= 4 is 29.3 Å². The average molecular weight is 343 g/mol. The van der Waals surface area contributed by atoms with Gasteiger partial charge in [-0.3, -0.25) is 4.79 Å². The highest BCUT2D eigenvalue weighted by molar-refractivity contribution is 6.31. The third-order valence-corrected chi connectivity index (χ3v) is 3.37. The monoisotopic (exact) mass is 342 g/mol. The lowest BCUT2D eigenvalue weighted by molar-refractivity contribution is -0.112. The highest BCUT2D eigenvalue weighted by Gasteiger charge is 2.11. The first-order valence-corrected chi connectivity index (χ1v) is 7.35. The zero-order chi connectivity index (χ0) is 17.5. The van der Waals surface area contributed by atoms with Gasteiger partial charge in [-0.1, -0.05) is 17.7 Å². The lowest BCUT2D eigenvalue weighted by Gasteiger charge is -2.07. The largest absolute Gasteiger partial charge is 0.497 e. The molecule has 0 saturated heterocycles. The van der Waals surface area contributed by atoms with Crippen molar-refractivity contribution in [3.8, 4) is 17.6 Å². The number of hydrogen-bond donors (Lipinski definition) is 1. The van der Waals surface area contributed by atoms with E-state index in [4.69, 9.17) is 21.1 Å². The van der Waals surface area contributed by atoms with E-state index in [0.29, 0.717) is 27.8 Å². The average Bonchev–Trinajstić information content (AvgIpc) is 2.59. The summed E-state index contributed by atoms with van der Waals surface area (Å²) in [6.45, 7) is 0. The van der Waals surface area contributed by atoms with Gasteiger partial charge >= 0.3 is 0 Å². The predicted molar refractivity (Wildman–Crippen MR) is 93.2 cm³/mol. The molecular formula is C18H15ClN2O3. The molecule has 2 aromatic rings. The third-order valence-electron chi connectivity index (χ3n) is 3.13. The van der Waals surface area contributed by atoms with Gasteiger partial charge in [-0.25, -0.2) is 0 Å². The predicted octanol–water partition coefficient (Wildman–Crippen LogP) is 3.90. The number of methoxy groups -OCH3 is 2. The summed E-state index contributed by atoms with van der Waals surface area (Å²) in [5, 5.41) is 12.4. The van der Waals surface area contributed by atoms with E-state index < -0.39 is 5.91 Å². The Balaban J connectivity index is 2.28. The van der Waals surface area contributed by atoms with Crippen LogP contribution in [0.25, 0.3) is 6.08 Å². The number of hydrogen-bond acceptors (Lipinski definition) is 4. The summed E-state index contributed by atoms with van der Waals surface area (Å²) in [5.41, 5.74) is 1.08. The van der Waals surface area contributed by atoms with Crippen LogP contribution in [0.2, 0.25) is 5.02 Å². The molecule has 0 unspecified atom stereocenters. The van der Waals surface area contributed by atoms with E-state index >= 15 is 0 Å². The summed E-state index contributed by atoms with van der Waals surface area (Å²) < 4.78 is 10.3. The maximum atomic E-state index is 12.3. The molecule has 0 spiro atoms. The molecule has 0 aliphatic carbocycles. The van der Waals surface area contributed by atoms with Crippen molar-refractivity contribution in [3.63, 3.8) is 0 Å². The normalized spacial score (nSPS) is 10.7. The molecule has 0 heterocycles. The number of anilines is 1. The first-order valence-electron chi connectivity index (χ1n) is 6.97. The van der Waals surface area contributed by atoms with E-state index in [1.165, 1.54) is 20.3 Å². The van der Waals surface area contributed by atoms with Crippen molar-refractivity contribution in [1.29, 1.82) is 5.26 Å². The maximum absolute atomic E-state index is 12.3. The molecule has 0 aromatic heterocycles. The van der Waals surface area contributed by atoms with E-state index in [1.54, 1.807) is 42.5 Å². The van der Waals surface area contributed by atoms with Crippen molar-refractivity contribution in [1.82, 2.24) is 0 Å². The van der Waals surface area contributed by atoms with Gasteiger partial charge < -0.3 is 14.8 Å². The van der Waals surface area contributed by atoms with Crippen molar-refractivity contribution in [3.05, 3.63) is 58.6 Å². The summed E-state index contributed by atoms with van der Waals surface area (Å²) in [7, 11) is 3.05. The van der Waals surface area contributed by atoms with Crippen LogP contribution in [0.5, 0.6) is 11.5 Å². The highest BCUT2D eigenvalue weighted by Crippen LogP contribution is 2.24. The number of rotatable bonds is 5. The Bertz CT molecular complexity index is 803. The van der Waals surface area contributed by atoms with Crippen LogP contribution in [0.3, 0.4) is 0 Å². The molecule has 122 valence electrons. The van der Waals surface area contributed by atoms with Crippen LogP contribution in [0.15, 0.2) is 48.0 Å². The lowest BCUT2D eigenvalue weighted by Crippen LogP contribution is -2.13. The van der Waals surface area contributed by atoms with Gasteiger partial charge in [0.05, 0.1) is 14.2 Å². The summed E-state index contributed by atoms with van der Waals surface area (Å²) in [6.07, 6.45) is 1.46. The van der Waals surface area contributed by atoms with Crippen LogP contribution in [0, 0.1) is 11.3 Å². The van der Waals surface area contributed by atoms with Crippen LogP contribution in [0.1, 0.15) is 5.56 Å². The number of nitrogens with zero attached hydrogens (tertiary/aromatic N) is 1. The smallest absolute Gasteiger partial charge is 0.266 e. The molecule has 0 atom stereocenters. The van der Waals surface area contributed by atoms with E-state index in [1.807, 2.05) is 6.07 Å². The minimum Gasteiger partial charge on any atom is -0.497 e. The van der Waals surface area contributed by atoms with Gasteiger partial charge in [0.25, 0.3) is 5.91 Å². The lowest BCUT2D eigenvalue weighted by atomic mass is 10.1. The molecule has 0 fully saturated rings. The number of amides is 1. The molecule has 0 saturated carbocycles. The second kappa shape index (κ2) is 8.04. The SMILES string of the molecule is COc1cc(/C=C(\C#N)C(=O)Nc2cccc(Cl)c2)cc(OC)c1. The Morgan fingerprint density at radius 3 is 2.38 bits per heavy atom. The van der Waals surface area contributed by atoms with Crippen LogP contribution in [-0.2, 0) is 4.79 Å². The van der Waals surface area contributed by atoms with Gasteiger partial charge in [0.15, 0.2) is 0 Å². The van der Waals surface area contributed by atoms with Crippen LogP contribution in [0.4, 0.5) is 5.69 Å². The van der Waals surface area contributed by atoms with Crippen molar-refractivity contribution in [2.75, 3.05) is 19.5 Å².